The molecule has 0 saturated heterocycles. The summed E-state index contributed by atoms with van der Waals surface area (Å²) in [5, 5.41) is 0.608. The maximum Gasteiger partial charge on any atom is 0.248 e. The molecule has 1 heterocycles. The molecule has 0 unspecified atom stereocenters. The Hall–Kier alpha value is -1.67. The van der Waals surface area contributed by atoms with Crippen molar-refractivity contribution in [3.05, 3.63) is 58.6 Å². The van der Waals surface area contributed by atoms with Gasteiger partial charge in [-0.1, -0.05) is 29.8 Å². The number of anilines is 1. The minimum Gasteiger partial charge on any atom is -0.319 e. The van der Waals surface area contributed by atoms with Crippen LogP contribution in [0.2, 0.25) is 5.02 Å². The summed E-state index contributed by atoms with van der Waals surface area (Å²) in [6, 6.07) is 11.9. The van der Waals surface area contributed by atoms with Crippen molar-refractivity contribution in [3.8, 4) is 0 Å². The van der Waals surface area contributed by atoms with Crippen molar-refractivity contribution in [2.75, 3.05) is 10.7 Å². The molecule has 1 saturated carbocycles. The van der Waals surface area contributed by atoms with Gasteiger partial charge in [-0.2, -0.15) is 0 Å². The van der Waals surface area contributed by atoms with E-state index in [2.05, 4.69) is 0 Å². The molecular formula is C24H26Cl2F2N2O2S. The van der Waals surface area contributed by atoms with Crippen LogP contribution in [0.1, 0.15) is 48.0 Å². The lowest BCUT2D eigenvalue weighted by atomic mass is 9.83. The number of rotatable bonds is 5. The minimum atomic E-state index is -2.61. The van der Waals surface area contributed by atoms with E-state index in [9.17, 15) is 18.4 Å². The van der Waals surface area contributed by atoms with Gasteiger partial charge >= 0.3 is 0 Å². The molecule has 0 aromatic heterocycles. The van der Waals surface area contributed by atoms with Crippen LogP contribution in [-0.2, 0) is 11.3 Å². The van der Waals surface area contributed by atoms with E-state index >= 15 is 0 Å². The first kappa shape index (κ1) is 25.9. The van der Waals surface area contributed by atoms with Crippen molar-refractivity contribution in [2.24, 2.45) is 11.7 Å². The highest BCUT2D eigenvalue weighted by atomic mass is 35.5. The first-order chi connectivity index (χ1) is 15.2. The van der Waals surface area contributed by atoms with Gasteiger partial charge in [-0.05, 0) is 48.6 Å². The Morgan fingerprint density at radius 2 is 1.82 bits per heavy atom. The third-order valence-electron chi connectivity index (χ3n) is 6.14. The zero-order valence-electron chi connectivity index (χ0n) is 17.9. The molecular weight excluding hydrogens is 489 g/mol. The molecule has 2 N–H and O–H groups in total. The normalized spacial score (nSPS) is 20.5. The van der Waals surface area contributed by atoms with E-state index in [0.717, 1.165) is 10.5 Å². The summed E-state index contributed by atoms with van der Waals surface area (Å²) in [7, 11) is 0. The number of thioether (sulfide) groups is 1. The molecule has 0 bridgehead atoms. The number of fused-ring (bicyclic) bond motifs is 1. The van der Waals surface area contributed by atoms with Crippen LogP contribution in [0.3, 0.4) is 0 Å². The van der Waals surface area contributed by atoms with E-state index in [1.54, 1.807) is 29.2 Å². The molecule has 178 valence electrons. The highest BCUT2D eigenvalue weighted by Crippen LogP contribution is 2.39. The standard InChI is InChI=1S/C24H25ClF2N2O2S.ClH/c25-18-4-1-16(2-5-18)13-29-20-12-17(3-6-22(20)32-14-19(28)23(29)31)21(30)11-15-7-9-24(26,27)10-8-15;/h1-6,12,15,19H,7-11,13-14,28H2;1H/t19-;/m0./s1. The average Bonchev–Trinajstić information content (AvgIpc) is 2.88. The molecule has 2 aromatic rings. The molecule has 1 fully saturated rings. The van der Waals surface area contributed by atoms with Gasteiger partial charge < -0.3 is 10.6 Å². The fourth-order valence-corrected chi connectivity index (χ4v) is 5.32. The van der Waals surface area contributed by atoms with E-state index < -0.39 is 12.0 Å². The SMILES string of the molecule is Cl.N[C@H]1CSc2ccc(C(=O)CC3CCC(F)(F)CC3)cc2N(Cc2ccc(Cl)cc2)C1=O. The number of ketones is 1. The number of nitrogens with two attached hydrogens (primary N) is 1. The summed E-state index contributed by atoms with van der Waals surface area (Å²) < 4.78 is 26.9. The molecule has 9 heteroatoms. The maximum absolute atomic E-state index is 13.4. The fourth-order valence-electron chi connectivity index (χ4n) is 4.21. The lowest BCUT2D eigenvalue weighted by Gasteiger charge is -2.28. The lowest BCUT2D eigenvalue weighted by molar-refractivity contribution is -0.119. The van der Waals surface area contributed by atoms with Crippen LogP contribution in [0.5, 0.6) is 0 Å². The lowest BCUT2D eigenvalue weighted by Crippen LogP contribution is -2.44. The monoisotopic (exact) mass is 514 g/mol. The van der Waals surface area contributed by atoms with Crippen molar-refractivity contribution in [1.82, 2.24) is 0 Å². The Bertz CT molecular complexity index is 1010. The average molecular weight is 515 g/mol. The van der Waals surface area contributed by atoms with Gasteiger partial charge in [0.25, 0.3) is 0 Å². The molecule has 4 nitrogen and oxygen atoms in total. The zero-order chi connectivity index (χ0) is 22.9. The number of alkyl halides is 2. The first-order valence-electron chi connectivity index (χ1n) is 10.7. The van der Waals surface area contributed by atoms with Crippen LogP contribution in [0.15, 0.2) is 47.4 Å². The predicted octanol–water partition coefficient (Wildman–Crippen LogP) is 6.13. The van der Waals surface area contributed by atoms with Crippen molar-refractivity contribution in [1.29, 1.82) is 0 Å². The van der Waals surface area contributed by atoms with Gasteiger partial charge in [0, 0.05) is 40.5 Å². The molecule has 0 spiro atoms. The molecule has 0 radical (unpaired) electrons. The van der Waals surface area contributed by atoms with Crippen molar-refractivity contribution in [2.45, 2.75) is 55.5 Å². The highest BCUT2D eigenvalue weighted by Gasteiger charge is 2.36. The quantitative estimate of drug-likeness (QED) is 0.487. The van der Waals surface area contributed by atoms with Crippen LogP contribution < -0.4 is 10.6 Å². The van der Waals surface area contributed by atoms with Gasteiger partial charge in [-0.25, -0.2) is 8.78 Å². The number of carbonyl (C=O) groups is 2. The fraction of sp³-hybridized carbons (Fsp3) is 0.417. The topological polar surface area (TPSA) is 63.4 Å². The second kappa shape index (κ2) is 10.7. The minimum absolute atomic E-state index is 0. The van der Waals surface area contributed by atoms with Gasteiger partial charge in [0.2, 0.25) is 11.8 Å². The summed E-state index contributed by atoms with van der Waals surface area (Å²) in [6.07, 6.45) is 0.637. The van der Waals surface area contributed by atoms with Gasteiger partial charge in [0.15, 0.2) is 5.78 Å². The highest BCUT2D eigenvalue weighted by molar-refractivity contribution is 7.99. The van der Waals surface area contributed by atoms with Gasteiger partial charge in [0.05, 0.1) is 18.3 Å². The third kappa shape index (κ3) is 6.27. The Labute approximate surface area is 207 Å². The predicted molar refractivity (Wildman–Crippen MR) is 131 cm³/mol. The number of hydrogen-bond acceptors (Lipinski definition) is 4. The molecule has 4 rings (SSSR count). The van der Waals surface area contributed by atoms with Crippen molar-refractivity contribution < 1.29 is 18.4 Å². The van der Waals surface area contributed by atoms with E-state index in [4.69, 9.17) is 17.3 Å². The summed E-state index contributed by atoms with van der Waals surface area (Å²) >= 11 is 7.47. The Morgan fingerprint density at radius 3 is 2.48 bits per heavy atom. The molecule has 33 heavy (non-hydrogen) atoms. The van der Waals surface area contributed by atoms with Crippen molar-refractivity contribution in [3.63, 3.8) is 0 Å². The Balaban J connectivity index is 0.00000306. The van der Waals surface area contributed by atoms with E-state index in [-0.39, 0.29) is 49.3 Å². The summed E-state index contributed by atoms with van der Waals surface area (Å²) in [5.74, 6) is -2.48. The largest absolute Gasteiger partial charge is 0.319 e. The van der Waals surface area contributed by atoms with Gasteiger partial charge in [0.1, 0.15) is 0 Å². The number of Topliss-reactive ketones (excluding diaryl/α,β-unsaturated/α-hetero) is 1. The smallest absolute Gasteiger partial charge is 0.248 e. The number of hydrogen-bond donors (Lipinski definition) is 1. The second-order valence-electron chi connectivity index (χ2n) is 8.58. The Kier molecular flexibility index (Phi) is 8.43. The maximum atomic E-state index is 13.4. The second-order valence-corrected chi connectivity index (χ2v) is 10.1. The number of amides is 1. The van der Waals surface area contributed by atoms with Crippen LogP contribution in [-0.4, -0.2) is 29.4 Å². The molecule has 1 atom stereocenters. The van der Waals surface area contributed by atoms with Gasteiger partial charge in [-0.15, -0.1) is 24.2 Å². The van der Waals surface area contributed by atoms with Gasteiger partial charge in [-0.3, -0.25) is 9.59 Å². The van der Waals surface area contributed by atoms with Crippen molar-refractivity contribution >= 4 is 53.1 Å². The van der Waals surface area contributed by atoms with E-state index in [1.165, 1.54) is 11.8 Å². The number of halogens is 4. The van der Waals surface area contributed by atoms with E-state index in [0.29, 0.717) is 41.4 Å². The molecule has 1 amide bonds. The third-order valence-corrected chi connectivity index (χ3v) is 7.57. The van der Waals surface area contributed by atoms with Crippen LogP contribution in [0.25, 0.3) is 0 Å². The number of nitrogens with zero attached hydrogens (tertiary/aromatic N) is 1. The molecule has 2 aromatic carbocycles. The summed E-state index contributed by atoms with van der Waals surface area (Å²) in [5.41, 5.74) is 8.15. The first-order valence-corrected chi connectivity index (χ1v) is 12.1. The number of carbonyl (C=O) groups excluding carboxylic acids is 2. The summed E-state index contributed by atoms with van der Waals surface area (Å²) in [6.45, 7) is 0.312. The van der Waals surface area contributed by atoms with Crippen LogP contribution in [0, 0.1) is 5.92 Å². The molecule has 2 aliphatic rings. The Morgan fingerprint density at radius 1 is 1.15 bits per heavy atom. The summed E-state index contributed by atoms with van der Waals surface area (Å²) in [4.78, 5) is 28.5. The zero-order valence-corrected chi connectivity index (χ0v) is 20.3. The number of benzene rings is 2. The van der Waals surface area contributed by atoms with Crippen LogP contribution >= 0.6 is 35.8 Å². The van der Waals surface area contributed by atoms with E-state index in [1.807, 2.05) is 18.2 Å². The van der Waals surface area contributed by atoms with Crippen LogP contribution in [0.4, 0.5) is 14.5 Å². The molecule has 1 aliphatic carbocycles. The molecule has 1 aliphatic heterocycles.